The van der Waals surface area contributed by atoms with Crippen LogP contribution in [0.2, 0.25) is 0 Å². The van der Waals surface area contributed by atoms with E-state index in [1.54, 1.807) is 49.7 Å². The van der Waals surface area contributed by atoms with Crippen LogP contribution in [0.15, 0.2) is 24.5 Å². The zero-order valence-corrected chi connectivity index (χ0v) is 17.0. The third kappa shape index (κ3) is 3.49. The van der Waals surface area contributed by atoms with Crippen LogP contribution >= 0.6 is 11.3 Å². The normalized spacial score (nSPS) is 17.0. The number of nitrogens with zero attached hydrogens (tertiary/aromatic N) is 4. The van der Waals surface area contributed by atoms with E-state index in [-0.39, 0.29) is 11.9 Å². The third-order valence-corrected chi connectivity index (χ3v) is 6.02. The second-order valence-corrected chi connectivity index (χ2v) is 7.78. The summed E-state index contributed by atoms with van der Waals surface area (Å²) in [6, 6.07) is 3.84. The molecule has 1 fully saturated rings. The average Bonchev–Trinajstić information content (AvgIpc) is 3.34. The number of ether oxygens (including phenoxy) is 2. The number of aryl methyl sites for hydroxylation is 1. The summed E-state index contributed by atoms with van der Waals surface area (Å²) in [7, 11) is 5.10. The van der Waals surface area contributed by atoms with Gasteiger partial charge in [0.1, 0.15) is 21.7 Å². The van der Waals surface area contributed by atoms with Gasteiger partial charge in [-0.1, -0.05) is 11.3 Å². The average molecular weight is 401 g/mol. The highest BCUT2D eigenvalue weighted by molar-refractivity contribution is 7.22. The standard InChI is InChI=1S/C19H23N5O3S/c1-23-10-12(9-20-23)18(25)21-13-5-4-8-24(11-13)19-22-16-14(26-2)6-7-15(27-3)17(16)28-19/h6-7,9-10,13H,4-5,8,11H2,1-3H3,(H,21,25). The number of hydrogen-bond donors (Lipinski definition) is 1. The molecule has 1 amide bonds. The zero-order valence-electron chi connectivity index (χ0n) is 16.1. The van der Waals surface area contributed by atoms with Gasteiger partial charge >= 0.3 is 0 Å². The number of aromatic nitrogens is 3. The Labute approximate surface area is 167 Å². The number of benzene rings is 1. The fraction of sp³-hybridized carbons (Fsp3) is 0.421. The SMILES string of the molecule is COc1ccc(OC)c2sc(N3CCCC(NC(=O)c4cnn(C)c4)C3)nc12. The molecule has 1 aromatic carbocycles. The van der Waals surface area contributed by atoms with E-state index in [9.17, 15) is 4.79 Å². The van der Waals surface area contributed by atoms with E-state index in [2.05, 4.69) is 15.3 Å². The quantitative estimate of drug-likeness (QED) is 0.707. The van der Waals surface area contributed by atoms with Crippen LogP contribution in [0.5, 0.6) is 11.5 Å². The van der Waals surface area contributed by atoms with Crippen LogP contribution in [0, 0.1) is 0 Å². The van der Waals surface area contributed by atoms with Crippen molar-refractivity contribution in [2.24, 2.45) is 7.05 Å². The van der Waals surface area contributed by atoms with Crippen molar-refractivity contribution < 1.29 is 14.3 Å². The van der Waals surface area contributed by atoms with Crippen molar-refractivity contribution in [3.63, 3.8) is 0 Å². The van der Waals surface area contributed by atoms with Crippen LogP contribution in [0.25, 0.3) is 10.2 Å². The van der Waals surface area contributed by atoms with Gasteiger partial charge in [-0.25, -0.2) is 4.98 Å². The number of nitrogens with one attached hydrogen (secondary N) is 1. The summed E-state index contributed by atoms with van der Waals surface area (Å²) in [4.78, 5) is 19.5. The van der Waals surface area contributed by atoms with E-state index in [0.717, 1.165) is 52.8 Å². The Hall–Kier alpha value is -2.81. The maximum absolute atomic E-state index is 12.4. The number of carbonyl (C=O) groups is 1. The smallest absolute Gasteiger partial charge is 0.254 e. The zero-order chi connectivity index (χ0) is 19.7. The Bertz CT molecular complexity index is 958. The second kappa shape index (κ2) is 7.67. The van der Waals surface area contributed by atoms with Crippen LogP contribution in [0.4, 0.5) is 5.13 Å². The number of anilines is 1. The van der Waals surface area contributed by atoms with E-state index in [0.29, 0.717) is 5.56 Å². The number of hydrogen-bond acceptors (Lipinski definition) is 7. The Morgan fingerprint density at radius 2 is 2.07 bits per heavy atom. The first-order chi connectivity index (χ1) is 13.6. The molecule has 8 nitrogen and oxygen atoms in total. The van der Waals surface area contributed by atoms with Gasteiger partial charge in [0, 0.05) is 32.4 Å². The Morgan fingerprint density at radius 3 is 2.79 bits per heavy atom. The number of amides is 1. The first-order valence-corrected chi connectivity index (χ1v) is 9.96. The molecule has 28 heavy (non-hydrogen) atoms. The Kier molecular flexibility index (Phi) is 5.08. The highest BCUT2D eigenvalue weighted by atomic mass is 32.1. The molecule has 1 atom stereocenters. The minimum absolute atomic E-state index is 0.0669. The minimum Gasteiger partial charge on any atom is -0.495 e. The molecule has 0 radical (unpaired) electrons. The van der Waals surface area contributed by atoms with E-state index in [4.69, 9.17) is 14.5 Å². The van der Waals surface area contributed by atoms with Gasteiger partial charge < -0.3 is 19.7 Å². The first kappa shape index (κ1) is 18.5. The lowest BCUT2D eigenvalue weighted by Crippen LogP contribution is -2.47. The van der Waals surface area contributed by atoms with E-state index in [1.807, 2.05) is 12.1 Å². The number of thiazole rings is 1. The summed E-state index contributed by atoms with van der Waals surface area (Å²) < 4.78 is 13.5. The molecule has 3 heterocycles. The van der Waals surface area contributed by atoms with Crippen molar-refractivity contribution in [2.75, 3.05) is 32.2 Å². The summed E-state index contributed by atoms with van der Waals surface area (Å²) in [6.07, 6.45) is 5.24. The summed E-state index contributed by atoms with van der Waals surface area (Å²) in [5, 5.41) is 8.10. The van der Waals surface area contributed by atoms with Gasteiger partial charge in [-0.15, -0.1) is 0 Å². The van der Waals surface area contributed by atoms with Crippen LogP contribution in [0.3, 0.4) is 0 Å². The van der Waals surface area contributed by atoms with E-state index >= 15 is 0 Å². The first-order valence-electron chi connectivity index (χ1n) is 9.15. The molecule has 0 spiro atoms. The summed E-state index contributed by atoms with van der Waals surface area (Å²) >= 11 is 1.59. The molecule has 3 aromatic rings. The van der Waals surface area contributed by atoms with Gasteiger partial charge in [0.25, 0.3) is 5.91 Å². The lowest BCUT2D eigenvalue weighted by molar-refractivity contribution is 0.0933. The van der Waals surface area contributed by atoms with E-state index in [1.165, 1.54) is 0 Å². The van der Waals surface area contributed by atoms with E-state index < -0.39 is 0 Å². The van der Waals surface area contributed by atoms with Crippen LogP contribution in [-0.4, -0.2) is 54.0 Å². The maximum atomic E-state index is 12.4. The number of carbonyl (C=O) groups excluding carboxylic acids is 1. The Morgan fingerprint density at radius 1 is 1.29 bits per heavy atom. The van der Waals surface area contributed by atoms with Gasteiger partial charge in [0.2, 0.25) is 0 Å². The van der Waals surface area contributed by atoms with Crippen molar-refractivity contribution >= 4 is 32.6 Å². The van der Waals surface area contributed by atoms with Crippen molar-refractivity contribution in [3.8, 4) is 11.5 Å². The van der Waals surface area contributed by atoms with Crippen molar-refractivity contribution in [1.82, 2.24) is 20.1 Å². The predicted octanol–water partition coefficient (Wildman–Crippen LogP) is 2.45. The summed E-state index contributed by atoms with van der Waals surface area (Å²) in [5.74, 6) is 1.43. The van der Waals surface area contributed by atoms with Crippen molar-refractivity contribution in [3.05, 3.63) is 30.1 Å². The van der Waals surface area contributed by atoms with Gasteiger partial charge in [-0.2, -0.15) is 5.10 Å². The van der Waals surface area contributed by atoms with Crippen LogP contribution in [0.1, 0.15) is 23.2 Å². The van der Waals surface area contributed by atoms with Gasteiger partial charge in [-0.05, 0) is 25.0 Å². The molecular weight excluding hydrogens is 378 g/mol. The maximum Gasteiger partial charge on any atom is 0.254 e. The molecule has 1 saturated heterocycles. The fourth-order valence-corrected chi connectivity index (χ4v) is 4.59. The summed E-state index contributed by atoms with van der Waals surface area (Å²) in [6.45, 7) is 1.63. The molecular formula is C19H23N5O3S. The number of piperidine rings is 1. The molecule has 9 heteroatoms. The topological polar surface area (TPSA) is 81.5 Å². The number of fused-ring (bicyclic) bond motifs is 1. The molecule has 0 aliphatic carbocycles. The second-order valence-electron chi connectivity index (χ2n) is 6.81. The largest absolute Gasteiger partial charge is 0.495 e. The molecule has 0 saturated carbocycles. The van der Waals surface area contributed by atoms with Gasteiger partial charge in [0.05, 0.1) is 26.0 Å². The lowest BCUT2D eigenvalue weighted by Gasteiger charge is -2.32. The molecule has 148 valence electrons. The molecule has 2 aromatic heterocycles. The summed E-state index contributed by atoms with van der Waals surface area (Å²) in [5.41, 5.74) is 1.39. The highest BCUT2D eigenvalue weighted by Crippen LogP contribution is 2.40. The molecule has 1 aliphatic rings. The van der Waals surface area contributed by atoms with Crippen molar-refractivity contribution in [1.29, 1.82) is 0 Å². The fourth-order valence-electron chi connectivity index (χ4n) is 3.49. The van der Waals surface area contributed by atoms with Crippen molar-refractivity contribution in [2.45, 2.75) is 18.9 Å². The minimum atomic E-state index is -0.0902. The van der Waals surface area contributed by atoms with Crippen LogP contribution in [-0.2, 0) is 7.05 Å². The van der Waals surface area contributed by atoms with Gasteiger partial charge in [0.15, 0.2) is 5.13 Å². The monoisotopic (exact) mass is 401 g/mol. The highest BCUT2D eigenvalue weighted by Gasteiger charge is 2.25. The third-order valence-electron chi connectivity index (χ3n) is 4.89. The van der Waals surface area contributed by atoms with Crippen LogP contribution < -0.4 is 19.7 Å². The molecule has 4 rings (SSSR count). The molecule has 0 bridgehead atoms. The number of methoxy groups -OCH3 is 2. The molecule has 1 unspecified atom stereocenters. The molecule has 1 N–H and O–H groups in total. The number of rotatable bonds is 5. The van der Waals surface area contributed by atoms with Gasteiger partial charge in [-0.3, -0.25) is 9.48 Å². The predicted molar refractivity (Wildman–Crippen MR) is 109 cm³/mol. The molecule has 1 aliphatic heterocycles. The lowest BCUT2D eigenvalue weighted by atomic mass is 10.1. The Balaban J connectivity index is 1.53.